The number of hydrogen-bond acceptors (Lipinski definition) is 2. The summed E-state index contributed by atoms with van der Waals surface area (Å²) in [5.41, 5.74) is 0.457. The molecule has 0 N–H and O–H groups in total. The van der Waals surface area contributed by atoms with E-state index in [-0.39, 0.29) is 17.6 Å². The highest BCUT2D eigenvalue weighted by molar-refractivity contribution is 5.94. The van der Waals surface area contributed by atoms with Crippen LogP contribution in [0.25, 0.3) is 11.0 Å². The van der Waals surface area contributed by atoms with Crippen molar-refractivity contribution in [1.82, 2.24) is 14.5 Å². The van der Waals surface area contributed by atoms with E-state index >= 15 is 0 Å². The fraction of sp³-hybridized carbons (Fsp3) is 0.391. The fourth-order valence-electron chi connectivity index (χ4n) is 3.70. The molecule has 0 unspecified atom stereocenters. The maximum Gasteiger partial charge on any atom is 0.416 e. The molecule has 1 aromatic carbocycles. The molecule has 0 aliphatic heterocycles. The third kappa shape index (κ3) is 4.92. The number of amides is 1. The zero-order valence-electron chi connectivity index (χ0n) is 18.1. The van der Waals surface area contributed by atoms with Gasteiger partial charge < -0.3 is 9.47 Å². The van der Waals surface area contributed by atoms with Crippen LogP contribution < -0.4 is 0 Å². The number of unbranched alkanes of at least 4 members (excludes halogenated alkanes) is 1. The Morgan fingerprint density at radius 3 is 2.62 bits per heavy atom. The summed E-state index contributed by atoms with van der Waals surface area (Å²) in [5.74, 6) is -2.10. The number of rotatable bonds is 6. The van der Waals surface area contributed by atoms with Crippen molar-refractivity contribution in [3.63, 3.8) is 0 Å². The second-order valence-corrected chi connectivity index (χ2v) is 7.81. The lowest BCUT2D eigenvalue weighted by Crippen LogP contribution is -2.33. The van der Waals surface area contributed by atoms with Gasteiger partial charge in [0.2, 0.25) is 0 Å². The lowest BCUT2D eigenvalue weighted by molar-refractivity contribution is -0.137. The number of halogens is 5. The highest BCUT2D eigenvalue weighted by atomic mass is 19.4. The monoisotopic (exact) mass is 453 g/mol. The van der Waals surface area contributed by atoms with Gasteiger partial charge in [0.05, 0.1) is 23.1 Å². The molecule has 0 spiro atoms. The largest absolute Gasteiger partial charge is 0.416 e. The summed E-state index contributed by atoms with van der Waals surface area (Å²) in [4.78, 5) is 19.0. The normalized spacial score (nSPS) is 14.7. The summed E-state index contributed by atoms with van der Waals surface area (Å²) in [6.45, 7) is 3.90. The number of benzene rings is 1. The fourth-order valence-corrected chi connectivity index (χ4v) is 3.70. The first-order valence-electron chi connectivity index (χ1n) is 10.3. The molecule has 1 heterocycles. The molecule has 1 aromatic heterocycles. The summed E-state index contributed by atoms with van der Waals surface area (Å²) < 4.78 is 68.7. The molecule has 0 fully saturated rings. The number of fused-ring (bicyclic) bond motifs is 1. The molecule has 4 nitrogen and oxygen atoms in total. The molecule has 32 heavy (non-hydrogen) atoms. The minimum Gasteiger partial charge on any atom is -0.331 e. The van der Waals surface area contributed by atoms with Crippen LogP contribution in [0.15, 0.2) is 47.6 Å². The first kappa shape index (κ1) is 23.7. The first-order valence-corrected chi connectivity index (χ1v) is 10.3. The van der Waals surface area contributed by atoms with Crippen molar-refractivity contribution >= 4 is 16.9 Å². The predicted molar refractivity (Wildman–Crippen MR) is 112 cm³/mol. The van der Waals surface area contributed by atoms with Crippen LogP contribution >= 0.6 is 0 Å². The average molecular weight is 453 g/mol. The van der Waals surface area contributed by atoms with Gasteiger partial charge in [-0.2, -0.15) is 13.2 Å². The molecule has 2 aromatic rings. The molecule has 3 rings (SSSR count). The Bertz CT molecular complexity index is 1120. The van der Waals surface area contributed by atoms with E-state index in [0.29, 0.717) is 29.9 Å². The number of nitrogens with zero attached hydrogens (tertiary/aromatic N) is 3. The SMILES string of the molecule is CCCCN(Cc1nc2cc(C(F)(F)F)cc(C)c2n1C)C(=O)C1=CC=CC(F)=C(F)C1. The Kier molecular flexibility index (Phi) is 6.85. The number of imidazole rings is 1. The zero-order chi connectivity index (χ0) is 23.6. The van der Waals surface area contributed by atoms with Gasteiger partial charge in [-0.05, 0) is 37.1 Å². The van der Waals surface area contributed by atoms with E-state index in [1.54, 1.807) is 18.5 Å². The number of alkyl halides is 3. The van der Waals surface area contributed by atoms with Gasteiger partial charge in [0, 0.05) is 25.6 Å². The van der Waals surface area contributed by atoms with Gasteiger partial charge >= 0.3 is 6.18 Å². The Hall–Kier alpha value is -2.97. The second kappa shape index (κ2) is 9.26. The van der Waals surface area contributed by atoms with E-state index in [4.69, 9.17) is 0 Å². The highest BCUT2D eigenvalue weighted by Gasteiger charge is 2.32. The van der Waals surface area contributed by atoms with Crippen LogP contribution in [0.4, 0.5) is 22.0 Å². The Labute approximate surface area is 182 Å². The summed E-state index contributed by atoms with van der Waals surface area (Å²) in [5, 5.41) is 0. The standard InChI is InChI=1S/C23H24F5N3O/c1-4-5-9-31(22(32)15-7-6-8-17(24)18(25)11-15)13-20-29-19-12-16(23(26,27)28)10-14(2)21(19)30(20)3/h6-8,10,12H,4-5,9,11,13H2,1-3H3. The topological polar surface area (TPSA) is 38.1 Å². The van der Waals surface area contributed by atoms with Crippen LogP contribution in [0.2, 0.25) is 0 Å². The quantitative estimate of drug-likeness (QED) is 0.498. The summed E-state index contributed by atoms with van der Waals surface area (Å²) in [6.07, 6.45) is 0.124. The van der Waals surface area contributed by atoms with Crippen LogP contribution in [0.5, 0.6) is 0 Å². The molecule has 0 atom stereocenters. The van der Waals surface area contributed by atoms with E-state index in [1.165, 1.54) is 17.1 Å². The van der Waals surface area contributed by atoms with Crippen LogP contribution in [0.3, 0.4) is 0 Å². The third-order valence-electron chi connectivity index (χ3n) is 5.40. The Morgan fingerprint density at radius 2 is 1.97 bits per heavy atom. The molecule has 1 aliphatic rings. The number of aromatic nitrogens is 2. The molecular weight excluding hydrogens is 429 g/mol. The maximum absolute atomic E-state index is 13.9. The van der Waals surface area contributed by atoms with Crippen LogP contribution in [0.1, 0.15) is 43.1 Å². The van der Waals surface area contributed by atoms with Crippen molar-refractivity contribution in [1.29, 1.82) is 0 Å². The lowest BCUT2D eigenvalue weighted by Gasteiger charge is -2.23. The minimum atomic E-state index is -4.49. The van der Waals surface area contributed by atoms with Crippen molar-refractivity contribution in [2.75, 3.05) is 6.54 Å². The van der Waals surface area contributed by atoms with Crippen molar-refractivity contribution in [2.24, 2.45) is 7.05 Å². The number of hydrogen-bond donors (Lipinski definition) is 0. The Morgan fingerprint density at radius 1 is 1.25 bits per heavy atom. The molecule has 0 bridgehead atoms. The van der Waals surface area contributed by atoms with Gasteiger partial charge in [0.25, 0.3) is 5.91 Å². The van der Waals surface area contributed by atoms with Gasteiger partial charge in [-0.25, -0.2) is 13.8 Å². The molecule has 1 aliphatic carbocycles. The summed E-state index contributed by atoms with van der Waals surface area (Å²) in [6, 6.07) is 2.06. The maximum atomic E-state index is 13.9. The van der Waals surface area contributed by atoms with E-state index < -0.39 is 35.7 Å². The first-order chi connectivity index (χ1) is 15.0. The van der Waals surface area contributed by atoms with Crippen LogP contribution in [-0.2, 0) is 24.6 Å². The van der Waals surface area contributed by atoms with Gasteiger partial charge in [-0.3, -0.25) is 4.79 Å². The molecule has 0 saturated heterocycles. The molecule has 1 amide bonds. The smallest absolute Gasteiger partial charge is 0.331 e. The number of carbonyl (C=O) groups is 1. The van der Waals surface area contributed by atoms with Crippen molar-refractivity contribution in [2.45, 2.75) is 45.8 Å². The van der Waals surface area contributed by atoms with Crippen molar-refractivity contribution in [3.8, 4) is 0 Å². The molecular formula is C23H24F5N3O. The highest BCUT2D eigenvalue weighted by Crippen LogP contribution is 2.33. The molecule has 0 radical (unpaired) electrons. The second-order valence-electron chi connectivity index (χ2n) is 7.81. The zero-order valence-corrected chi connectivity index (χ0v) is 18.1. The summed E-state index contributed by atoms with van der Waals surface area (Å²) in [7, 11) is 1.68. The van der Waals surface area contributed by atoms with Crippen LogP contribution in [-0.4, -0.2) is 26.9 Å². The molecule has 0 saturated carbocycles. The van der Waals surface area contributed by atoms with Gasteiger partial charge in [0.15, 0.2) is 5.83 Å². The summed E-state index contributed by atoms with van der Waals surface area (Å²) >= 11 is 0. The number of allylic oxidation sites excluding steroid dienone is 5. The number of aryl methyl sites for hydroxylation is 2. The lowest BCUT2D eigenvalue weighted by atomic mass is 10.1. The third-order valence-corrected chi connectivity index (χ3v) is 5.40. The predicted octanol–water partition coefficient (Wildman–Crippen LogP) is 6.07. The Balaban J connectivity index is 1.96. The van der Waals surface area contributed by atoms with Crippen molar-refractivity contribution in [3.05, 3.63) is 64.5 Å². The van der Waals surface area contributed by atoms with Gasteiger partial charge in [-0.15, -0.1) is 0 Å². The van der Waals surface area contributed by atoms with E-state index in [1.807, 2.05) is 6.92 Å². The van der Waals surface area contributed by atoms with Gasteiger partial charge in [-0.1, -0.05) is 25.5 Å². The average Bonchev–Trinajstić information content (AvgIpc) is 2.93. The van der Waals surface area contributed by atoms with E-state index in [0.717, 1.165) is 24.6 Å². The van der Waals surface area contributed by atoms with E-state index in [9.17, 15) is 26.7 Å². The molecule has 9 heteroatoms. The van der Waals surface area contributed by atoms with Crippen molar-refractivity contribution < 1.29 is 26.7 Å². The van der Waals surface area contributed by atoms with E-state index in [2.05, 4.69) is 4.98 Å². The minimum absolute atomic E-state index is 0.0275. The number of carbonyl (C=O) groups excluding carboxylic acids is 1. The van der Waals surface area contributed by atoms with Crippen LogP contribution in [0, 0.1) is 6.92 Å². The molecule has 172 valence electrons. The van der Waals surface area contributed by atoms with Gasteiger partial charge in [0.1, 0.15) is 11.7 Å².